The average Bonchev–Trinajstić information content (AvgIpc) is 2.56. The van der Waals surface area contributed by atoms with Crippen LogP contribution in [0.1, 0.15) is 45.2 Å². The molecule has 0 aliphatic carbocycles. The summed E-state index contributed by atoms with van der Waals surface area (Å²) in [4.78, 5) is 19.6. The van der Waals surface area contributed by atoms with Crippen LogP contribution in [0.15, 0.2) is 3.92 Å². The van der Waals surface area contributed by atoms with Gasteiger partial charge < -0.3 is 9.64 Å². The number of halogens is 1. The highest BCUT2D eigenvalue weighted by Gasteiger charge is 2.38. The Balaban J connectivity index is 2.22. The summed E-state index contributed by atoms with van der Waals surface area (Å²) >= 11 is 5.01. The predicted molar refractivity (Wildman–Crippen MR) is 79.5 cm³/mol. The van der Waals surface area contributed by atoms with Gasteiger partial charge in [0.1, 0.15) is 5.60 Å². The number of fused-ring (bicyclic) bond motifs is 1. The highest BCUT2D eigenvalue weighted by molar-refractivity contribution is 9.11. The first kappa shape index (κ1) is 14.8. The van der Waals surface area contributed by atoms with Gasteiger partial charge in [-0.25, -0.2) is 9.78 Å². The van der Waals surface area contributed by atoms with Gasteiger partial charge in [-0.15, -0.1) is 11.3 Å². The fourth-order valence-corrected chi connectivity index (χ4v) is 3.94. The number of carbonyl (C=O) groups is 1. The van der Waals surface area contributed by atoms with E-state index in [1.54, 1.807) is 16.2 Å². The number of aromatic nitrogens is 1. The number of amides is 1. The second-order valence-corrected chi connectivity index (χ2v) is 8.82. The quantitative estimate of drug-likeness (QED) is 0.714. The standard InChI is InChI=1S/C13H19BrN2O2S/c1-12(2,3)18-11(17)16-6-8-9(13(4,5)7-16)15-10(14)19-8/h6-7H2,1-5H3. The molecule has 1 aliphatic heterocycles. The molecule has 4 nitrogen and oxygen atoms in total. The van der Waals surface area contributed by atoms with Crippen molar-refractivity contribution in [3.05, 3.63) is 14.5 Å². The topological polar surface area (TPSA) is 42.4 Å². The third-order valence-electron chi connectivity index (χ3n) is 2.88. The number of rotatable bonds is 0. The molecule has 1 aliphatic rings. The molecule has 2 rings (SSSR count). The van der Waals surface area contributed by atoms with Gasteiger partial charge in [-0.3, -0.25) is 0 Å². The van der Waals surface area contributed by atoms with Crippen LogP contribution >= 0.6 is 27.3 Å². The highest BCUT2D eigenvalue weighted by atomic mass is 79.9. The lowest BCUT2D eigenvalue weighted by molar-refractivity contribution is 0.0175. The Hall–Kier alpha value is -0.620. The van der Waals surface area contributed by atoms with Crippen LogP contribution in [0.25, 0.3) is 0 Å². The molecule has 0 saturated carbocycles. The van der Waals surface area contributed by atoms with Crippen LogP contribution in [-0.4, -0.2) is 28.1 Å². The number of carbonyl (C=O) groups excluding carboxylic acids is 1. The molecule has 0 radical (unpaired) electrons. The fourth-order valence-electron chi connectivity index (χ4n) is 2.20. The zero-order valence-electron chi connectivity index (χ0n) is 11.9. The maximum atomic E-state index is 12.2. The molecule has 0 bridgehead atoms. The van der Waals surface area contributed by atoms with Crippen molar-refractivity contribution in [1.29, 1.82) is 0 Å². The molecule has 1 amide bonds. The predicted octanol–water partition coefficient (Wildman–Crippen LogP) is 3.93. The summed E-state index contributed by atoms with van der Waals surface area (Å²) in [5.74, 6) is 0. The van der Waals surface area contributed by atoms with Crippen molar-refractivity contribution < 1.29 is 9.53 Å². The van der Waals surface area contributed by atoms with Crippen molar-refractivity contribution in [2.75, 3.05) is 6.54 Å². The van der Waals surface area contributed by atoms with Crippen LogP contribution < -0.4 is 0 Å². The van der Waals surface area contributed by atoms with Gasteiger partial charge in [0.15, 0.2) is 3.92 Å². The van der Waals surface area contributed by atoms with Crippen molar-refractivity contribution in [3.8, 4) is 0 Å². The van der Waals surface area contributed by atoms with Crippen LogP contribution in [0.5, 0.6) is 0 Å². The van der Waals surface area contributed by atoms with Crippen molar-refractivity contribution in [3.63, 3.8) is 0 Å². The minimum Gasteiger partial charge on any atom is -0.444 e. The highest BCUT2D eigenvalue weighted by Crippen LogP contribution is 2.38. The summed E-state index contributed by atoms with van der Waals surface area (Å²) in [6.07, 6.45) is -0.254. The Bertz CT molecular complexity index is 505. The van der Waals surface area contributed by atoms with Crippen molar-refractivity contribution in [2.24, 2.45) is 0 Å². The molecule has 1 aromatic rings. The molecule has 0 atom stereocenters. The second-order valence-electron chi connectivity index (χ2n) is 6.46. The second kappa shape index (κ2) is 4.74. The van der Waals surface area contributed by atoms with Crippen molar-refractivity contribution in [2.45, 2.75) is 52.2 Å². The van der Waals surface area contributed by atoms with E-state index in [0.29, 0.717) is 13.1 Å². The molecule has 0 aromatic carbocycles. The molecule has 1 aromatic heterocycles. The number of thiazole rings is 1. The summed E-state index contributed by atoms with van der Waals surface area (Å²) in [5.41, 5.74) is 0.479. The van der Waals surface area contributed by atoms with Crippen molar-refractivity contribution in [1.82, 2.24) is 9.88 Å². The SMILES string of the molecule is CC(C)(C)OC(=O)N1Cc2sc(Br)nc2C(C)(C)C1. The van der Waals surface area contributed by atoms with Gasteiger partial charge in [-0.2, -0.15) is 0 Å². The van der Waals surface area contributed by atoms with E-state index in [1.807, 2.05) is 20.8 Å². The van der Waals surface area contributed by atoms with Crippen LogP contribution in [0.2, 0.25) is 0 Å². The van der Waals surface area contributed by atoms with E-state index in [4.69, 9.17) is 4.74 Å². The zero-order valence-corrected chi connectivity index (χ0v) is 14.3. The van der Waals surface area contributed by atoms with Crippen LogP contribution in [0.4, 0.5) is 4.79 Å². The van der Waals surface area contributed by atoms with E-state index < -0.39 is 5.60 Å². The monoisotopic (exact) mass is 346 g/mol. The Morgan fingerprint density at radius 1 is 1.47 bits per heavy atom. The number of ether oxygens (including phenoxy) is 1. The molecule has 0 unspecified atom stereocenters. The lowest BCUT2D eigenvalue weighted by Gasteiger charge is -2.37. The molecule has 0 saturated heterocycles. The van der Waals surface area contributed by atoms with Gasteiger partial charge in [-0.05, 0) is 36.7 Å². The molecule has 106 valence electrons. The van der Waals surface area contributed by atoms with Crippen LogP contribution in [0.3, 0.4) is 0 Å². The summed E-state index contributed by atoms with van der Waals surface area (Å²) in [6, 6.07) is 0. The number of hydrogen-bond acceptors (Lipinski definition) is 4. The lowest BCUT2D eigenvalue weighted by Crippen LogP contribution is -2.46. The van der Waals surface area contributed by atoms with Crippen LogP contribution in [0, 0.1) is 0 Å². The van der Waals surface area contributed by atoms with E-state index in [1.165, 1.54) is 0 Å². The third kappa shape index (κ3) is 3.28. The van der Waals surface area contributed by atoms with Gasteiger partial charge in [0.25, 0.3) is 0 Å². The number of nitrogens with zero attached hydrogens (tertiary/aromatic N) is 2. The normalized spacial score (nSPS) is 18.1. The van der Waals surface area contributed by atoms with Gasteiger partial charge in [0.2, 0.25) is 0 Å². The van der Waals surface area contributed by atoms with E-state index in [0.717, 1.165) is 14.5 Å². The third-order valence-corrected chi connectivity index (χ3v) is 4.38. The van der Waals surface area contributed by atoms with Gasteiger partial charge in [-0.1, -0.05) is 13.8 Å². The Labute approximate surface area is 126 Å². The first-order chi connectivity index (χ1) is 8.58. The maximum Gasteiger partial charge on any atom is 0.410 e. The fraction of sp³-hybridized carbons (Fsp3) is 0.692. The molecule has 19 heavy (non-hydrogen) atoms. The Morgan fingerprint density at radius 2 is 2.11 bits per heavy atom. The van der Waals surface area contributed by atoms with E-state index in [9.17, 15) is 4.79 Å². The molecule has 0 N–H and O–H groups in total. The van der Waals surface area contributed by atoms with Crippen LogP contribution in [-0.2, 0) is 16.7 Å². The molecule has 0 fully saturated rings. The molecule has 2 heterocycles. The molecule has 0 spiro atoms. The first-order valence-corrected chi connectivity index (χ1v) is 7.83. The Kier molecular flexibility index (Phi) is 3.68. The first-order valence-electron chi connectivity index (χ1n) is 6.22. The minimum absolute atomic E-state index is 0.146. The summed E-state index contributed by atoms with van der Waals surface area (Å²) in [6.45, 7) is 11.1. The molecular formula is C13H19BrN2O2S. The smallest absolute Gasteiger partial charge is 0.410 e. The molecule has 6 heteroatoms. The maximum absolute atomic E-state index is 12.2. The average molecular weight is 347 g/mol. The van der Waals surface area contributed by atoms with E-state index in [2.05, 4.69) is 34.8 Å². The van der Waals surface area contributed by atoms with Gasteiger partial charge in [0.05, 0.1) is 12.2 Å². The summed E-state index contributed by atoms with van der Waals surface area (Å²) in [5, 5.41) is 0. The molecular weight excluding hydrogens is 328 g/mol. The summed E-state index contributed by atoms with van der Waals surface area (Å²) < 4.78 is 6.32. The van der Waals surface area contributed by atoms with Crippen molar-refractivity contribution >= 4 is 33.4 Å². The van der Waals surface area contributed by atoms with Gasteiger partial charge >= 0.3 is 6.09 Å². The Morgan fingerprint density at radius 3 is 2.68 bits per heavy atom. The van der Waals surface area contributed by atoms with Gasteiger partial charge in [0, 0.05) is 16.8 Å². The minimum atomic E-state index is -0.463. The van der Waals surface area contributed by atoms with E-state index >= 15 is 0 Å². The van der Waals surface area contributed by atoms with E-state index in [-0.39, 0.29) is 11.5 Å². The number of hydrogen-bond donors (Lipinski definition) is 0. The summed E-state index contributed by atoms with van der Waals surface area (Å²) in [7, 11) is 0. The largest absolute Gasteiger partial charge is 0.444 e. The zero-order chi connectivity index (χ0) is 14.4. The lowest BCUT2D eigenvalue weighted by atomic mass is 9.85.